The minimum atomic E-state index is -0.596. The highest BCUT2D eigenvalue weighted by atomic mass is 32.2. The first-order valence-electron chi connectivity index (χ1n) is 2.83. The maximum atomic E-state index is 10.4. The summed E-state index contributed by atoms with van der Waals surface area (Å²) >= 11 is 0. The van der Waals surface area contributed by atoms with Crippen LogP contribution in [0.25, 0.3) is 0 Å². The van der Waals surface area contributed by atoms with E-state index in [-0.39, 0.29) is 6.15 Å². The van der Waals surface area contributed by atoms with E-state index in [2.05, 4.69) is 13.8 Å². The van der Waals surface area contributed by atoms with E-state index in [9.17, 15) is 4.21 Å². The molecule has 0 rings (SSSR count). The SMILES string of the molecule is CC(C)CS(C)=O.O=C=O. The van der Waals surface area contributed by atoms with Crippen LogP contribution in [0.3, 0.4) is 0 Å². The predicted octanol–water partition coefficient (Wildman–Crippen LogP) is 0.437. The van der Waals surface area contributed by atoms with Crippen LogP contribution in [-0.4, -0.2) is 22.4 Å². The van der Waals surface area contributed by atoms with Gasteiger partial charge in [-0.2, -0.15) is 9.59 Å². The van der Waals surface area contributed by atoms with Gasteiger partial charge in [0.05, 0.1) is 0 Å². The molecule has 0 aromatic heterocycles. The highest BCUT2D eigenvalue weighted by Gasteiger charge is 1.93. The van der Waals surface area contributed by atoms with Crippen LogP contribution >= 0.6 is 0 Å². The summed E-state index contributed by atoms with van der Waals surface area (Å²) in [5.74, 6) is 1.41. The lowest BCUT2D eigenvalue weighted by Crippen LogP contribution is -2.00. The molecule has 0 spiro atoms. The molecule has 0 bridgehead atoms. The molecule has 0 heterocycles. The van der Waals surface area contributed by atoms with E-state index >= 15 is 0 Å². The van der Waals surface area contributed by atoms with E-state index in [1.54, 1.807) is 6.26 Å². The van der Waals surface area contributed by atoms with Gasteiger partial charge in [-0.25, -0.2) is 0 Å². The summed E-state index contributed by atoms with van der Waals surface area (Å²) in [4.78, 5) is 16.2. The van der Waals surface area contributed by atoms with Crippen molar-refractivity contribution in [1.29, 1.82) is 0 Å². The van der Waals surface area contributed by atoms with Crippen LogP contribution in [0.4, 0.5) is 0 Å². The van der Waals surface area contributed by atoms with Crippen LogP contribution in [0, 0.1) is 5.92 Å². The topological polar surface area (TPSA) is 51.2 Å². The second kappa shape index (κ2) is 8.53. The van der Waals surface area contributed by atoms with Crippen molar-refractivity contribution in [2.24, 2.45) is 5.92 Å². The van der Waals surface area contributed by atoms with E-state index in [0.717, 1.165) is 5.75 Å². The zero-order valence-electron chi connectivity index (χ0n) is 6.42. The normalized spacial score (nSPS) is 11.2. The molecule has 0 N–H and O–H groups in total. The van der Waals surface area contributed by atoms with E-state index in [4.69, 9.17) is 9.59 Å². The van der Waals surface area contributed by atoms with Gasteiger partial charge in [0.25, 0.3) is 0 Å². The lowest BCUT2D eigenvalue weighted by molar-refractivity contribution is -0.191. The Bertz CT molecular complexity index is 125. The summed E-state index contributed by atoms with van der Waals surface area (Å²) in [5.41, 5.74) is 0. The molecule has 0 amide bonds. The van der Waals surface area contributed by atoms with Gasteiger partial charge in [0.1, 0.15) is 0 Å². The number of carbonyl (C=O) groups excluding carboxylic acids is 2. The number of hydrogen-bond acceptors (Lipinski definition) is 3. The van der Waals surface area contributed by atoms with E-state index in [1.165, 1.54) is 0 Å². The lowest BCUT2D eigenvalue weighted by Gasteiger charge is -1.96. The molecule has 60 valence electrons. The van der Waals surface area contributed by atoms with Crippen LogP contribution in [0.5, 0.6) is 0 Å². The lowest BCUT2D eigenvalue weighted by atomic mass is 10.3. The van der Waals surface area contributed by atoms with Gasteiger partial charge in [-0.05, 0) is 5.92 Å². The predicted molar refractivity (Wildman–Crippen MR) is 38.8 cm³/mol. The second-order valence-electron chi connectivity index (χ2n) is 2.22. The number of rotatable bonds is 2. The van der Waals surface area contributed by atoms with Crippen molar-refractivity contribution in [1.82, 2.24) is 0 Å². The van der Waals surface area contributed by atoms with Gasteiger partial charge in [0.2, 0.25) is 0 Å². The van der Waals surface area contributed by atoms with Crippen LogP contribution in [0.2, 0.25) is 0 Å². The quantitative estimate of drug-likeness (QED) is 0.595. The molecule has 0 fully saturated rings. The Morgan fingerprint density at radius 1 is 1.40 bits per heavy atom. The van der Waals surface area contributed by atoms with Gasteiger partial charge in [-0.1, -0.05) is 13.8 Å². The molecule has 1 atom stereocenters. The molecule has 0 saturated heterocycles. The first kappa shape index (κ1) is 12.2. The van der Waals surface area contributed by atoms with Crippen molar-refractivity contribution >= 4 is 17.0 Å². The molecule has 4 heteroatoms. The molecular formula is C6H12O3S. The van der Waals surface area contributed by atoms with Gasteiger partial charge in [-0.15, -0.1) is 0 Å². The maximum Gasteiger partial charge on any atom is 0.373 e. The molecular weight excluding hydrogens is 152 g/mol. The van der Waals surface area contributed by atoms with Crippen molar-refractivity contribution in [3.05, 3.63) is 0 Å². The summed E-state index contributed by atoms with van der Waals surface area (Å²) in [7, 11) is -0.596. The summed E-state index contributed by atoms with van der Waals surface area (Å²) in [5, 5.41) is 0. The Morgan fingerprint density at radius 3 is 1.70 bits per heavy atom. The smallest absolute Gasteiger partial charge is 0.260 e. The van der Waals surface area contributed by atoms with Crippen LogP contribution in [0.15, 0.2) is 0 Å². The summed E-state index contributed by atoms with van der Waals surface area (Å²) < 4.78 is 10.4. The molecule has 0 aliphatic heterocycles. The fraction of sp³-hybridized carbons (Fsp3) is 0.833. The first-order valence-corrected chi connectivity index (χ1v) is 4.56. The van der Waals surface area contributed by atoms with Crippen molar-refractivity contribution in [3.8, 4) is 0 Å². The second-order valence-corrected chi connectivity index (χ2v) is 3.70. The van der Waals surface area contributed by atoms with E-state index in [0.29, 0.717) is 5.92 Å². The van der Waals surface area contributed by atoms with Gasteiger partial charge in [-0.3, -0.25) is 4.21 Å². The van der Waals surface area contributed by atoms with Crippen LogP contribution in [-0.2, 0) is 20.4 Å². The zero-order chi connectivity index (χ0) is 8.57. The van der Waals surface area contributed by atoms with Gasteiger partial charge >= 0.3 is 6.15 Å². The Kier molecular flexibility index (Phi) is 10.4. The maximum absolute atomic E-state index is 10.4. The molecule has 0 aliphatic carbocycles. The molecule has 0 aromatic carbocycles. The van der Waals surface area contributed by atoms with Gasteiger partial charge < -0.3 is 0 Å². The molecule has 0 aliphatic rings. The largest absolute Gasteiger partial charge is 0.373 e. The fourth-order valence-corrected chi connectivity index (χ4v) is 1.41. The summed E-state index contributed by atoms with van der Waals surface area (Å²) in [6.45, 7) is 4.14. The highest BCUT2D eigenvalue weighted by Crippen LogP contribution is 1.91. The van der Waals surface area contributed by atoms with E-state index in [1.807, 2.05) is 0 Å². The van der Waals surface area contributed by atoms with Gasteiger partial charge in [0.15, 0.2) is 0 Å². The van der Waals surface area contributed by atoms with E-state index < -0.39 is 10.8 Å². The third-order valence-corrected chi connectivity index (χ3v) is 1.70. The average Bonchev–Trinajstić information content (AvgIpc) is 1.62. The fourth-order valence-electron chi connectivity index (χ4n) is 0.469. The summed E-state index contributed by atoms with van der Waals surface area (Å²) in [6, 6.07) is 0. The molecule has 1 unspecified atom stereocenters. The molecule has 0 saturated carbocycles. The minimum absolute atomic E-state index is 0.250. The Hall–Kier alpha value is -0.470. The van der Waals surface area contributed by atoms with Crippen molar-refractivity contribution in [3.63, 3.8) is 0 Å². The molecule has 10 heavy (non-hydrogen) atoms. The third-order valence-electron chi connectivity index (χ3n) is 0.568. The Balaban J connectivity index is 0. The van der Waals surface area contributed by atoms with Gasteiger partial charge in [0, 0.05) is 22.8 Å². The third kappa shape index (κ3) is 25.8. The zero-order valence-corrected chi connectivity index (χ0v) is 7.23. The monoisotopic (exact) mass is 164 g/mol. The van der Waals surface area contributed by atoms with Crippen molar-refractivity contribution in [2.75, 3.05) is 12.0 Å². The summed E-state index contributed by atoms with van der Waals surface area (Å²) in [6.07, 6.45) is 1.99. The average molecular weight is 164 g/mol. The van der Waals surface area contributed by atoms with Crippen molar-refractivity contribution in [2.45, 2.75) is 13.8 Å². The molecule has 3 nitrogen and oxygen atoms in total. The molecule has 0 radical (unpaired) electrons. The first-order chi connectivity index (χ1) is 4.54. The van der Waals surface area contributed by atoms with Crippen LogP contribution in [0.1, 0.15) is 13.8 Å². The van der Waals surface area contributed by atoms with Crippen LogP contribution < -0.4 is 0 Å². The Morgan fingerprint density at radius 2 is 1.70 bits per heavy atom. The standard InChI is InChI=1S/C5H12OS.CO2/c1-5(2)4-7(3)6;2-1-3/h5H,4H2,1-3H3;. The number of hydrogen-bond donors (Lipinski definition) is 0. The molecule has 0 aromatic rings. The minimum Gasteiger partial charge on any atom is -0.260 e. The van der Waals surface area contributed by atoms with Crippen molar-refractivity contribution < 1.29 is 13.8 Å². The highest BCUT2D eigenvalue weighted by molar-refractivity contribution is 7.84. The Labute approximate surface area is 63.3 Å².